The van der Waals surface area contributed by atoms with Gasteiger partial charge in [0.05, 0.1) is 17.9 Å². The summed E-state index contributed by atoms with van der Waals surface area (Å²) in [4.78, 5) is 9.01. The zero-order valence-electron chi connectivity index (χ0n) is 17.1. The smallest absolute Gasteiger partial charge is 0.145 e. The number of nitrogens with zero attached hydrogens (tertiary/aromatic N) is 5. The summed E-state index contributed by atoms with van der Waals surface area (Å²) >= 11 is 0. The van der Waals surface area contributed by atoms with E-state index in [1.54, 1.807) is 6.33 Å². The highest BCUT2D eigenvalue weighted by Crippen LogP contribution is 2.27. The lowest BCUT2D eigenvalue weighted by Crippen LogP contribution is -2.22. The molecule has 146 valence electrons. The van der Waals surface area contributed by atoms with Crippen LogP contribution in [0.25, 0.3) is 22.3 Å². The SMILES string of the molecule is CCC(CC)n1cc(-c2ncnc3c2ccn3COCC[Si](C)(C)C)cn1. The Hall–Kier alpha value is -1.99. The molecule has 3 heterocycles. The molecule has 0 N–H and O–H groups in total. The van der Waals surface area contributed by atoms with Crippen molar-refractivity contribution in [3.63, 3.8) is 0 Å². The van der Waals surface area contributed by atoms with E-state index < -0.39 is 8.07 Å². The molecule has 0 aliphatic heterocycles. The van der Waals surface area contributed by atoms with E-state index in [-0.39, 0.29) is 0 Å². The topological polar surface area (TPSA) is 57.8 Å². The Balaban J connectivity index is 1.79. The van der Waals surface area contributed by atoms with Crippen LogP contribution >= 0.6 is 0 Å². The lowest BCUT2D eigenvalue weighted by atomic mass is 10.1. The third-order valence-electron chi connectivity index (χ3n) is 4.97. The minimum atomic E-state index is -1.07. The molecule has 0 bridgehead atoms. The molecule has 0 spiro atoms. The molecule has 0 radical (unpaired) electrons. The zero-order valence-corrected chi connectivity index (χ0v) is 18.1. The van der Waals surface area contributed by atoms with Crippen molar-refractivity contribution in [2.45, 2.75) is 65.1 Å². The molecule has 0 aromatic carbocycles. The molecule has 3 aromatic heterocycles. The van der Waals surface area contributed by atoms with Crippen molar-refractivity contribution in [3.05, 3.63) is 31.0 Å². The molecule has 6 nitrogen and oxygen atoms in total. The van der Waals surface area contributed by atoms with Gasteiger partial charge in [-0.2, -0.15) is 5.10 Å². The highest BCUT2D eigenvalue weighted by Gasteiger charge is 2.15. The van der Waals surface area contributed by atoms with Crippen molar-refractivity contribution in [3.8, 4) is 11.3 Å². The molecule has 0 atom stereocenters. The van der Waals surface area contributed by atoms with E-state index in [1.165, 1.54) is 6.04 Å². The number of hydrogen-bond donors (Lipinski definition) is 0. The van der Waals surface area contributed by atoms with Gasteiger partial charge in [0.15, 0.2) is 0 Å². The summed E-state index contributed by atoms with van der Waals surface area (Å²) in [7, 11) is -1.07. The molecule has 0 fully saturated rings. The summed E-state index contributed by atoms with van der Waals surface area (Å²) in [5, 5.41) is 5.60. The number of ether oxygens (including phenoxy) is 1. The number of hydrogen-bond acceptors (Lipinski definition) is 4. The Labute approximate surface area is 162 Å². The van der Waals surface area contributed by atoms with Crippen LogP contribution in [0.1, 0.15) is 32.7 Å². The number of rotatable bonds is 9. The van der Waals surface area contributed by atoms with Gasteiger partial charge in [-0.25, -0.2) is 9.97 Å². The van der Waals surface area contributed by atoms with Crippen LogP contribution in [0.2, 0.25) is 25.7 Å². The van der Waals surface area contributed by atoms with Crippen LogP contribution in [0.5, 0.6) is 0 Å². The zero-order chi connectivity index (χ0) is 19.4. The van der Waals surface area contributed by atoms with Gasteiger partial charge < -0.3 is 9.30 Å². The summed E-state index contributed by atoms with van der Waals surface area (Å²) in [6.07, 6.45) is 9.81. The predicted octanol–water partition coefficient (Wildman–Crippen LogP) is 4.97. The summed E-state index contributed by atoms with van der Waals surface area (Å²) in [6, 6.07) is 3.67. The Morgan fingerprint density at radius 1 is 1.15 bits per heavy atom. The van der Waals surface area contributed by atoms with Crippen molar-refractivity contribution < 1.29 is 4.74 Å². The molecule has 0 aliphatic carbocycles. The molecule has 0 saturated heterocycles. The lowest BCUT2D eigenvalue weighted by Gasteiger charge is -2.15. The first-order valence-corrected chi connectivity index (χ1v) is 13.6. The van der Waals surface area contributed by atoms with Crippen LogP contribution < -0.4 is 0 Å². The highest BCUT2D eigenvalue weighted by atomic mass is 28.3. The van der Waals surface area contributed by atoms with E-state index in [0.717, 1.165) is 41.7 Å². The summed E-state index contributed by atoms with van der Waals surface area (Å²) in [6.45, 7) is 12.8. The van der Waals surface area contributed by atoms with Crippen LogP contribution in [0.4, 0.5) is 0 Å². The fourth-order valence-electron chi connectivity index (χ4n) is 3.20. The van der Waals surface area contributed by atoms with Crippen LogP contribution in [0.3, 0.4) is 0 Å². The minimum Gasteiger partial charge on any atom is -0.361 e. The lowest BCUT2D eigenvalue weighted by molar-refractivity contribution is 0.0899. The van der Waals surface area contributed by atoms with Gasteiger partial charge in [0, 0.05) is 38.0 Å². The maximum absolute atomic E-state index is 5.89. The van der Waals surface area contributed by atoms with Crippen molar-refractivity contribution >= 4 is 19.1 Å². The molecular formula is C20H31N5OSi. The Kier molecular flexibility index (Phi) is 6.11. The van der Waals surface area contributed by atoms with Crippen LogP contribution in [0, 0.1) is 0 Å². The summed E-state index contributed by atoms with van der Waals surface area (Å²) in [5.74, 6) is 0. The molecule has 0 unspecified atom stereocenters. The first-order valence-electron chi connectivity index (χ1n) is 9.85. The molecule has 3 rings (SSSR count). The largest absolute Gasteiger partial charge is 0.361 e. The van der Waals surface area contributed by atoms with Gasteiger partial charge in [-0.3, -0.25) is 4.68 Å². The highest BCUT2D eigenvalue weighted by molar-refractivity contribution is 6.76. The van der Waals surface area contributed by atoms with Crippen LogP contribution in [-0.2, 0) is 11.5 Å². The average Bonchev–Trinajstić information content (AvgIpc) is 3.26. The molecule has 0 aliphatic rings. The van der Waals surface area contributed by atoms with Crippen LogP contribution in [-0.4, -0.2) is 39.0 Å². The van der Waals surface area contributed by atoms with Crippen molar-refractivity contribution in [2.75, 3.05) is 6.61 Å². The predicted molar refractivity (Wildman–Crippen MR) is 112 cm³/mol. The quantitative estimate of drug-likeness (QED) is 0.385. The maximum atomic E-state index is 5.89. The van der Waals surface area contributed by atoms with Crippen molar-refractivity contribution in [1.29, 1.82) is 0 Å². The minimum absolute atomic E-state index is 0.431. The van der Waals surface area contributed by atoms with Crippen molar-refractivity contribution in [1.82, 2.24) is 24.3 Å². The van der Waals surface area contributed by atoms with Gasteiger partial charge in [-0.1, -0.05) is 33.5 Å². The van der Waals surface area contributed by atoms with Gasteiger partial charge in [-0.05, 0) is 25.0 Å². The van der Waals surface area contributed by atoms with Gasteiger partial charge in [0.25, 0.3) is 0 Å². The second-order valence-electron chi connectivity index (χ2n) is 8.27. The number of aromatic nitrogens is 5. The maximum Gasteiger partial charge on any atom is 0.145 e. The van der Waals surface area contributed by atoms with Gasteiger partial charge >= 0.3 is 0 Å². The third-order valence-corrected chi connectivity index (χ3v) is 6.68. The monoisotopic (exact) mass is 385 g/mol. The van der Waals surface area contributed by atoms with E-state index in [2.05, 4.69) is 70.1 Å². The van der Waals surface area contributed by atoms with E-state index in [1.807, 2.05) is 12.4 Å². The molecule has 0 amide bonds. The standard InChI is InChI=1S/C20H31N5OSi/c1-6-17(7-2)25-13-16(12-23-25)19-18-8-9-24(20(18)22-14-21-19)15-26-10-11-27(3,4)5/h8-9,12-14,17H,6-7,10-11,15H2,1-5H3. The summed E-state index contributed by atoms with van der Waals surface area (Å²) < 4.78 is 10.0. The fraction of sp³-hybridized carbons (Fsp3) is 0.550. The second kappa shape index (κ2) is 8.35. The second-order valence-corrected chi connectivity index (χ2v) is 13.9. The van der Waals surface area contributed by atoms with Gasteiger partial charge in [0.2, 0.25) is 0 Å². The summed E-state index contributed by atoms with van der Waals surface area (Å²) in [5.41, 5.74) is 2.87. The molecule has 27 heavy (non-hydrogen) atoms. The Bertz CT molecular complexity index is 876. The molecule has 0 saturated carbocycles. The molecule has 7 heteroatoms. The van der Waals surface area contributed by atoms with E-state index in [0.29, 0.717) is 12.8 Å². The first-order chi connectivity index (χ1) is 12.9. The first kappa shape index (κ1) is 19.8. The van der Waals surface area contributed by atoms with Crippen molar-refractivity contribution in [2.24, 2.45) is 0 Å². The van der Waals surface area contributed by atoms with E-state index >= 15 is 0 Å². The third kappa shape index (κ3) is 4.65. The van der Waals surface area contributed by atoms with Gasteiger partial charge in [0.1, 0.15) is 18.7 Å². The van der Waals surface area contributed by atoms with E-state index in [9.17, 15) is 0 Å². The molecule has 3 aromatic rings. The Morgan fingerprint density at radius 3 is 2.63 bits per heavy atom. The molecular weight excluding hydrogens is 354 g/mol. The van der Waals surface area contributed by atoms with Gasteiger partial charge in [-0.15, -0.1) is 0 Å². The van der Waals surface area contributed by atoms with E-state index in [4.69, 9.17) is 4.74 Å². The van der Waals surface area contributed by atoms with Crippen LogP contribution in [0.15, 0.2) is 31.0 Å². The number of fused-ring (bicyclic) bond motifs is 1. The normalized spacial score (nSPS) is 12.4. The Morgan fingerprint density at radius 2 is 1.93 bits per heavy atom. The fourth-order valence-corrected chi connectivity index (χ4v) is 3.96. The average molecular weight is 386 g/mol.